The van der Waals surface area contributed by atoms with Crippen LogP contribution in [0.1, 0.15) is 78.1 Å². The number of cyclic esters (lactones) is 1. The molecule has 5 fully saturated rings. The van der Waals surface area contributed by atoms with Gasteiger partial charge in [-0.15, -0.1) is 6.58 Å². The third-order valence-corrected chi connectivity index (χ3v) is 12.2. The molecule has 0 aromatic heterocycles. The quantitative estimate of drug-likeness (QED) is 0.165. The molecule has 0 unspecified atom stereocenters. The smallest absolute Gasteiger partial charge is 0.331 e. The minimum absolute atomic E-state index is 0.0111. The summed E-state index contributed by atoms with van der Waals surface area (Å²) in [4.78, 5) is 16.6. The van der Waals surface area contributed by atoms with Crippen molar-refractivity contribution in [3.8, 4) is 0 Å². The molecule has 1 saturated heterocycles. The Kier molecular flexibility index (Phi) is 7.56. The summed E-state index contributed by atoms with van der Waals surface area (Å²) in [5, 5.41) is 45.4. The molecule has 0 radical (unpaired) electrons. The average molecular weight is 574 g/mol. The van der Waals surface area contributed by atoms with Crippen LogP contribution >= 0.6 is 0 Å². The molecular formula is C32H47NO8. The zero-order chi connectivity index (χ0) is 29.2. The van der Waals surface area contributed by atoms with Crippen molar-refractivity contribution >= 4 is 12.2 Å². The van der Waals surface area contributed by atoms with E-state index in [4.69, 9.17) is 19.2 Å². The number of aliphatic hydroxyl groups is 4. The summed E-state index contributed by atoms with van der Waals surface area (Å²) in [6.45, 7) is 8.54. The van der Waals surface area contributed by atoms with E-state index in [9.17, 15) is 25.2 Å². The summed E-state index contributed by atoms with van der Waals surface area (Å²) in [5.74, 6) is -0.101. The lowest BCUT2D eigenvalue weighted by Gasteiger charge is -2.66. The molecule has 4 saturated carbocycles. The van der Waals surface area contributed by atoms with Crippen LogP contribution in [0.3, 0.4) is 0 Å². The van der Waals surface area contributed by atoms with Crippen molar-refractivity contribution in [2.24, 2.45) is 33.6 Å². The maximum Gasteiger partial charge on any atom is 0.331 e. The van der Waals surface area contributed by atoms with E-state index >= 15 is 0 Å². The predicted octanol–water partition coefficient (Wildman–Crippen LogP) is 2.84. The molecule has 0 aromatic rings. The maximum absolute atomic E-state index is 12.6. The fraction of sp³-hybridized carbons (Fsp3) is 0.812. The van der Waals surface area contributed by atoms with Gasteiger partial charge in [0.05, 0.1) is 36.1 Å². The van der Waals surface area contributed by atoms with Crippen LogP contribution in [0.4, 0.5) is 0 Å². The van der Waals surface area contributed by atoms with Gasteiger partial charge in [0.15, 0.2) is 6.29 Å². The summed E-state index contributed by atoms with van der Waals surface area (Å²) in [7, 11) is 0. The number of nitrogens with zero attached hydrogens (tertiary/aromatic N) is 1. The number of fused-ring (bicyclic) bond motifs is 5. The van der Waals surface area contributed by atoms with Crippen LogP contribution in [0.25, 0.3) is 0 Å². The normalized spacial score (nSPS) is 51.5. The molecule has 0 spiro atoms. The van der Waals surface area contributed by atoms with Crippen LogP contribution in [-0.4, -0.2) is 87.7 Å². The number of ether oxygens (including phenoxy) is 3. The molecule has 228 valence electrons. The van der Waals surface area contributed by atoms with E-state index in [-0.39, 0.29) is 41.7 Å². The van der Waals surface area contributed by atoms with Crippen LogP contribution in [0.5, 0.6) is 0 Å². The fourth-order valence-corrected chi connectivity index (χ4v) is 10.1. The molecule has 4 N–H and O–H groups in total. The predicted molar refractivity (Wildman–Crippen MR) is 151 cm³/mol. The first kappa shape index (κ1) is 29.5. The summed E-state index contributed by atoms with van der Waals surface area (Å²) in [6.07, 6.45) is 8.52. The number of esters is 1. The molecule has 41 heavy (non-hydrogen) atoms. The van der Waals surface area contributed by atoms with E-state index in [1.807, 2.05) is 6.21 Å². The number of hydrogen-bond acceptors (Lipinski definition) is 9. The zero-order valence-electron chi connectivity index (χ0n) is 24.4. The lowest BCUT2D eigenvalue weighted by molar-refractivity contribution is -0.282. The largest absolute Gasteiger partial charge is 0.458 e. The van der Waals surface area contributed by atoms with Gasteiger partial charge in [-0.1, -0.05) is 13.0 Å². The van der Waals surface area contributed by atoms with Crippen LogP contribution in [-0.2, 0) is 19.0 Å². The molecule has 9 heteroatoms. The molecule has 4 aliphatic carbocycles. The number of carbonyl (C=O) groups is 1. The second-order valence-electron chi connectivity index (χ2n) is 14.0. The lowest BCUT2D eigenvalue weighted by Crippen LogP contribution is -2.69. The third kappa shape index (κ3) is 4.49. The highest BCUT2D eigenvalue weighted by atomic mass is 16.7. The van der Waals surface area contributed by atoms with Crippen molar-refractivity contribution in [1.29, 1.82) is 0 Å². The van der Waals surface area contributed by atoms with E-state index in [2.05, 4.69) is 13.5 Å². The highest BCUT2D eigenvalue weighted by Crippen LogP contribution is 2.70. The number of hydrogen-bond donors (Lipinski definition) is 4. The van der Waals surface area contributed by atoms with E-state index < -0.39 is 41.2 Å². The second kappa shape index (κ2) is 10.5. The molecule has 2 heterocycles. The molecule has 0 bridgehead atoms. The number of aliphatic imine (C=N–C) groups is 1. The minimum atomic E-state index is -1.06. The van der Waals surface area contributed by atoms with Crippen LogP contribution < -0.4 is 0 Å². The minimum Gasteiger partial charge on any atom is -0.458 e. The fourth-order valence-electron chi connectivity index (χ4n) is 10.1. The van der Waals surface area contributed by atoms with Crippen LogP contribution in [0.15, 0.2) is 29.3 Å². The van der Waals surface area contributed by atoms with Gasteiger partial charge in [-0.3, -0.25) is 4.99 Å². The van der Waals surface area contributed by atoms with Crippen molar-refractivity contribution in [1.82, 2.24) is 0 Å². The summed E-state index contributed by atoms with van der Waals surface area (Å²) in [5.41, 5.74) is -1.91. The van der Waals surface area contributed by atoms with Gasteiger partial charge in [-0.05, 0) is 81.6 Å². The first-order chi connectivity index (χ1) is 19.5. The van der Waals surface area contributed by atoms with Gasteiger partial charge in [-0.25, -0.2) is 4.79 Å². The van der Waals surface area contributed by atoms with E-state index in [1.165, 1.54) is 0 Å². The third-order valence-electron chi connectivity index (χ3n) is 12.2. The molecule has 12 atom stereocenters. The molecular weight excluding hydrogens is 526 g/mol. The van der Waals surface area contributed by atoms with Crippen molar-refractivity contribution < 1.29 is 39.4 Å². The average Bonchev–Trinajstić information content (AvgIpc) is 3.47. The monoisotopic (exact) mass is 573 g/mol. The second-order valence-corrected chi connectivity index (χ2v) is 14.0. The molecule has 0 aromatic carbocycles. The highest BCUT2D eigenvalue weighted by molar-refractivity contribution is 5.85. The van der Waals surface area contributed by atoms with Gasteiger partial charge in [0.25, 0.3) is 0 Å². The standard InChI is InChI=1S/C32H47NO8/c1-4-13-33-18-30-10-5-21(41-27-15-25(34)28(36)19(2)40-27)16-31(30,37)11-7-24-23(30)6-9-29(3)22(8-12-32(24,29)38)20-14-26(35)39-17-20/h4,14,18-19,21-25,27-28,34,36-38H,1,5-13,15-17H2,2-3H3/t19-,21+,22+,23-,24+,25+,27-,28-,29+,30-,31-,32+/m0/s1. The van der Waals surface area contributed by atoms with Gasteiger partial charge >= 0.3 is 5.97 Å². The Morgan fingerprint density at radius 2 is 1.90 bits per heavy atom. The highest BCUT2D eigenvalue weighted by Gasteiger charge is 2.71. The Balaban J connectivity index is 1.26. The maximum atomic E-state index is 12.6. The first-order valence-corrected chi connectivity index (χ1v) is 15.6. The van der Waals surface area contributed by atoms with E-state index in [0.29, 0.717) is 51.7 Å². The summed E-state index contributed by atoms with van der Waals surface area (Å²) in [6, 6.07) is 0. The van der Waals surface area contributed by atoms with Crippen LogP contribution in [0.2, 0.25) is 0 Å². The van der Waals surface area contributed by atoms with Crippen molar-refractivity contribution in [2.75, 3.05) is 13.2 Å². The Bertz CT molecular complexity index is 1100. The zero-order valence-corrected chi connectivity index (χ0v) is 24.4. The Morgan fingerprint density at radius 3 is 2.61 bits per heavy atom. The topological polar surface area (TPSA) is 138 Å². The molecule has 2 aliphatic heterocycles. The Hall–Kier alpha value is -1.62. The molecule has 9 nitrogen and oxygen atoms in total. The van der Waals surface area contributed by atoms with Crippen molar-refractivity contribution in [3.05, 3.63) is 24.3 Å². The SMILES string of the molecule is C=CCN=C[C@]12CC[C@@H](O[C@H]3C[C@@H](O)[C@@H](O)[C@H](C)O3)C[C@@]1(O)CC[C@@H]1[C@@H]2CC[C@]2(C)[C@@H](C3=CC(=O)OC3)CC[C@@]12O. The Morgan fingerprint density at radius 1 is 1.12 bits per heavy atom. The van der Waals surface area contributed by atoms with Crippen molar-refractivity contribution in [2.45, 2.75) is 120 Å². The summed E-state index contributed by atoms with van der Waals surface area (Å²) >= 11 is 0. The van der Waals surface area contributed by atoms with E-state index in [1.54, 1.807) is 19.1 Å². The van der Waals surface area contributed by atoms with Gasteiger partial charge < -0.3 is 34.6 Å². The van der Waals surface area contributed by atoms with Gasteiger partial charge in [0.1, 0.15) is 12.7 Å². The van der Waals surface area contributed by atoms with E-state index in [0.717, 1.165) is 24.8 Å². The number of rotatable bonds is 6. The van der Waals surface area contributed by atoms with Gasteiger partial charge in [-0.2, -0.15) is 0 Å². The molecule has 0 amide bonds. The van der Waals surface area contributed by atoms with Gasteiger partial charge in [0.2, 0.25) is 0 Å². The van der Waals surface area contributed by atoms with Gasteiger partial charge in [0, 0.05) is 36.0 Å². The molecule has 6 aliphatic rings. The lowest BCUT2D eigenvalue weighted by atomic mass is 9.41. The summed E-state index contributed by atoms with van der Waals surface area (Å²) < 4.78 is 17.4. The van der Waals surface area contributed by atoms with Crippen molar-refractivity contribution in [3.63, 3.8) is 0 Å². The first-order valence-electron chi connectivity index (χ1n) is 15.6. The Labute approximate surface area is 242 Å². The number of aliphatic hydroxyl groups excluding tert-OH is 2. The molecule has 6 rings (SSSR count). The number of carbonyl (C=O) groups excluding carboxylic acids is 1. The van der Waals surface area contributed by atoms with Crippen LogP contribution in [0, 0.1) is 28.6 Å².